The van der Waals surface area contributed by atoms with Crippen molar-refractivity contribution in [3.05, 3.63) is 29.2 Å². The van der Waals surface area contributed by atoms with Crippen LogP contribution >= 0.6 is 0 Å². The molecule has 0 spiro atoms. The Hall–Kier alpha value is -0.920. The first-order valence-corrected chi connectivity index (χ1v) is 2.38. The molecular weight excluding hydrogens is 102 g/mol. The van der Waals surface area contributed by atoms with E-state index in [-0.39, 0.29) is 6.54 Å². The molecule has 2 heteroatoms. The van der Waals surface area contributed by atoms with Gasteiger partial charge in [0.2, 0.25) is 0 Å². The molecule has 0 saturated heterocycles. The van der Waals surface area contributed by atoms with E-state index in [0.717, 1.165) is 5.57 Å². The fraction of sp³-hybridized carbons (Fsp3) is 0.333. The molecule has 0 aromatic rings. The van der Waals surface area contributed by atoms with Crippen molar-refractivity contribution >= 4 is 0 Å². The standard InChI is InChI=1S/C6H9NO/c1-6(2)4-3-5-7-8/h3-4H,1,5H2,2H3/b4-3+. The predicted octanol–water partition coefficient (Wildman–Crippen LogP) is 1.89. The molecule has 44 valence electrons. The molecule has 0 amide bonds. The highest BCUT2D eigenvalue weighted by atomic mass is 16.3. The van der Waals surface area contributed by atoms with Gasteiger partial charge in [-0.2, -0.15) is 4.91 Å². The van der Waals surface area contributed by atoms with E-state index in [1.165, 1.54) is 0 Å². The largest absolute Gasteiger partial charge is 0.150 e. The van der Waals surface area contributed by atoms with Crippen LogP contribution in [0, 0.1) is 4.91 Å². The molecule has 0 rings (SSSR count). The number of allylic oxidation sites excluding steroid dienone is 2. The molecule has 0 saturated carbocycles. The first kappa shape index (κ1) is 7.08. The smallest absolute Gasteiger partial charge is 0.0995 e. The molecule has 0 aromatic carbocycles. The number of hydrogen-bond donors (Lipinski definition) is 0. The predicted molar refractivity (Wildman–Crippen MR) is 34.6 cm³/mol. The first-order valence-electron chi connectivity index (χ1n) is 2.38. The molecule has 8 heavy (non-hydrogen) atoms. The van der Waals surface area contributed by atoms with Crippen LogP contribution < -0.4 is 0 Å². The van der Waals surface area contributed by atoms with E-state index in [9.17, 15) is 4.91 Å². The van der Waals surface area contributed by atoms with Crippen LogP contribution in [0.2, 0.25) is 0 Å². The monoisotopic (exact) mass is 111 g/mol. The van der Waals surface area contributed by atoms with Crippen LogP contribution in [0.15, 0.2) is 29.5 Å². The summed E-state index contributed by atoms with van der Waals surface area (Å²) < 4.78 is 0. The van der Waals surface area contributed by atoms with E-state index in [4.69, 9.17) is 0 Å². The minimum absolute atomic E-state index is 0.243. The molecule has 0 heterocycles. The highest BCUT2D eigenvalue weighted by Crippen LogP contribution is 1.87. The maximum atomic E-state index is 9.46. The van der Waals surface area contributed by atoms with Crippen LogP contribution in [0.25, 0.3) is 0 Å². The van der Waals surface area contributed by atoms with Gasteiger partial charge < -0.3 is 0 Å². The van der Waals surface area contributed by atoms with Crippen LogP contribution in [0.3, 0.4) is 0 Å². The van der Waals surface area contributed by atoms with Gasteiger partial charge in [-0.1, -0.05) is 29.5 Å². The van der Waals surface area contributed by atoms with Crippen molar-refractivity contribution in [2.24, 2.45) is 5.18 Å². The molecule has 0 aliphatic carbocycles. The van der Waals surface area contributed by atoms with Crippen LogP contribution in [-0.2, 0) is 0 Å². The molecule has 2 nitrogen and oxygen atoms in total. The van der Waals surface area contributed by atoms with Gasteiger partial charge in [0.15, 0.2) is 0 Å². The Labute approximate surface area is 48.9 Å². The van der Waals surface area contributed by atoms with E-state index in [1.54, 1.807) is 12.2 Å². The lowest BCUT2D eigenvalue weighted by Crippen LogP contribution is -1.67. The summed E-state index contributed by atoms with van der Waals surface area (Å²) in [7, 11) is 0. The second kappa shape index (κ2) is 4.24. The van der Waals surface area contributed by atoms with Gasteiger partial charge >= 0.3 is 0 Å². The minimum Gasteiger partial charge on any atom is -0.150 e. The minimum atomic E-state index is 0.243. The molecule has 0 aromatic heterocycles. The fourth-order valence-corrected chi connectivity index (χ4v) is 0.297. The Morgan fingerprint density at radius 3 is 2.88 bits per heavy atom. The van der Waals surface area contributed by atoms with Gasteiger partial charge in [-0.3, -0.25) is 0 Å². The third-order valence-corrected chi connectivity index (χ3v) is 0.582. The van der Waals surface area contributed by atoms with Gasteiger partial charge in [0, 0.05) is 0 Å². The number of nitrogens with zero attached hydrogens (tertiary/aromatic N) is 1. The quantitative estimate of drug-likeness (QED) is 0.404. The van der Waals surface area contributed by atoms with Crippen LogP contribution in [0.1, 0.15) is 6.92 Å². The van der Waals surface area contributed by atoms with Crippen molar-refractivity contribution in [2.75, 3.05) is 6.54 Å². The first-order chi connectivity index (χ1) is 3.77. The van der Waals surface area contributed by atoms with Gasteiger partial charge in [0.1, 0.15) is 0 Å². The Morgan fingerprint density at radius 2 is 2.50 bits per heavy atom. The molecule has 0 bridgehead atoms. The Morgan fingerprint density at radius 1 is 1.88 bits per heavy atom. The zero-order valence-corrected chi connectivity index (χ0v) is 4.92. The number of nitroso groups, excluding NO2 is 1. The second-order valence-corrected chi connectivity index (χ2v) is 1.56. The Balaban J connectivity index is 3.34. The summed E-state index contributed by atoms with van der Waals surface area (Å²) in [6.45, 7) is 5.70. The van der Waals surface area contributed by atoms with Gasteiger partial charge in [0.25, 0.3) is 0 Å². The van der Waals surface area contributed by atoms with E-state index in [2.05, 4.69) is 11.8 Å². The fourth-order valence-electron chi connectivity index (χ4n) is 0.297. The third-order valence-electron chi connectivity index (χ3n) is 0.582. The molecule has 0 fully saturated rings. The van der Waals surface area contributed by atoms with Crippen molar-refractivity contribution in [3.8, 4) is 0 Å². The van der Waals surface area contributed by atoms with Crippen molar-refractivity contribution in [2.45, 2.75) is 6.92 Å². The normalized spacial score (nSPS) is 9.62. The van der Waals surface area contributed by atoms with Crippen molar-refractivity contribution in [1.29, 1.82) is 0 Å². The summed E-state index contributed by atoms with van der Waals surface area (Å²) >= 11 is 0. The summed E-state index contributed by atoms with van der Waals surface area (Å²) in [6, 6.07) is 0. The van der Waals surface area contributed by atoms with E-state index in [0.29, 0.717) is 0 Å². The average Bonchev–Trinajstić information content (AvgIpc) is 1.66. The summed E-state index contributed by atoms with van der Waals surface area (Å²) in [5.74, 6) is 0. The number of rotatable bonds is 3. The lowest BCUT2D eigenvalue weighted by molar-refractivity contribution is 1.22. The Kier molecular flexibility index (Phi) is 3.76. The van der Waals surface area contributed by atoms with Crippen molar-refractivity contribution in [1.82, 2.24) is 0 Å². The van der Waals surface area contributed by atoms with Crippen molar-refractivity contribution in [3.63, 3.8) is 0 Å². The molecule has 0 radical (unpaired) electrons. The zero-order valence-electron chi connectivity index (χ0n) is 4.92. The maximum Gasteiger partial charge on any atom is 0.0995 e. The SMILES string of the molecule is C=C(C)/C=C/CN=O. The van der Waals surface area contributed by atoms with Crippen molar-refractivity contribution < 1.29 is 0 Å². The van der Waals surface area contributed by atoms with Gasteiger partial charge in [-0.25, -0.2) is 0 Å². The van der Waals surface area contributed by atoms with Gasteiger partial charge in [-0.15, -0.1) is 0 Å². The van der Waals surface area contributed by atoms with Gasteiger partial charge in [0.05, 0.1) is 6.54 Å². The maximum absolute atomic E-state index is 9.46. The molecule has 0 aliphatic rings. The van der Waals surface area contributed by atoms with Crippen LogP contribution in [0.5, 0.6) is 0 Å². The molecule has 0 N–H and O–H groups in total. The third kappa shape index (κ3) is 5.08. The lowest BCUT2D eigenvalue weighted by Gasteiger charge is -1.79. The zero-order chi connectivity index (χ0) is 6.41. The summed E-state index contributed by atoms with van der Waals surface area (Å²) in [5, 5.41) is 2.63. The van der Waals surface area contributed by atoms with Crippen LogP contribution in [0.4, 0.5) is 0 Å². The second-order valence-electron chi connectivity index (χ2n) is 1.56. The lowest BCUT2D eigenvalue weighted by atomic mass is 10.3. The molecule has 0 aliphatic heterocycles. The highest BCUT2D eigenvalue weighted by molar-refractivity contribution is 5.11. The average molecular weight is 111 g/mol. The summed E-state index contributed by atoms with van der Waals surface area (Å²) in [6.07, 6.45) is 3.44. The van der Waals surface area contributed by atoms with E-state index >= 15 is 0 Å². The molecule has 0 atom stereocenters. The van der Waals surface area contributed by atoms with E-state index < -0.39 is 0 Å². The topological polar surface area (TPSA) is 29.4 Å². The number of hydrogen-bond acceptors (Lipinski definition) is 2. The molecular formula is C6H9NO. The Bertz CT molecular complexity index is 116. The molecule has 0 unspecified atom stereocenters. The summed E-state index contributed by atoms with van der Waals surface area (Å²) in [5.41, 5.74) is 0.939. The van der Waals surface area contributed by atoms with Crippen LogP contribution in [-0.4, -0.2) is 6.54 Å². The summed E-state index contributed by atoms with van der Waals surface area (Å²) in [4.78, 5) is 9.46. The van der Waals surface area contributed by atoms with Gasteiger partial charge in [-0.05, 0) is 6.92 Å². The highest BCUT2D eigenvalue weighted by Gasteiger charge is 1.72. The van der Waals surface area contributed by atoms with E-state index in [1.807, 2.05) is 6.92 Å².